The van der Waals surface area contributed by atoms with E-state index < -0.39 is 12.1 Å². The lowest BCUT2D eigenvalue weighted by Crippen LogP contribution is -2.27. The highest BCUT2D eigenvalue weighted by molar-refractivity contribution is 5.72. The van der Waals surface area contributed by atoms with Crippen LogP contribution in [0.3, 0.4) is 0 Å². The molecule has 0 spiro atoms. The van der Waals surface area contributed by atoms with Gasteiger partial charge in [-0.2, -0.15) is 0 Å². The molecule has 1 saturated carbocycles. The predicted molar refractivity (Wildman–Crippen MR) is 100 cm³/mol. The van der Waals surface area contributed by atoms with Gasteiger partial charge in [0, 0.05) is 0 Å². The second-order valence-electron chi connectivity index (χ2n) is 7.50. The molecule has 0 aliphatic heterocycles. The molecule has 0 heterocycles. The zero-order valence-electron chi connectivity index (χ0n) is 15.1. The molecule has 0 bridgehead atoms. The predicted octanol–water partition coefficient (Wildman–Crippen LogP) is 5.85. The highest BCUT2D eigenvalue weighted by Crippen LogP contribution is 2.33. The molecule has 1 atom stereocenters. The lowest BCUT2D eigenvalue weighted by molar-refractivity contribution is -0.145. The second-order valence-corrected chi connectivity index (χ2v) is 7.50. The third-order valence-corrected chi connectivity index (χ3v) is 5.62. The zero-order valence-corrected chi connectivity index (χ0v) is 15.1. The molecule has 1 unspecified atom stereocenters. The maximum atomic E-state index is 11.5. The van der Waals surface area contributed by atoms with Crippen molar-refractivity contribution in [1.29, 1.82) is 0 Å². The molecule has 136 valence electrons. The molecule has 0 aromatic heterocycles. The SMILES string of the molecule is O=C(O)C(CCC1=CCCCC1)Oc1ccc(C2CCCCC2)cc1. The quantitative estimate of drug-likeness (QED) is 0.633. The molecule has 1 fully saturated rings. The molecule has 0 amide bonds. The topological polar surface area (TPSA) is 46.5 Å². The molecule has 3 nitrogen and oxygen atoms in total. The minimum absolute atomic E-state index is 0.547. The van der Waals surface area contributed by atoms with Crippen LogP contribution in [0.25, 0.3) is 0 Å². The number of aliphatic carboxylic acids is 1. The van der Waals surface area contributed by atoms with Gasteiger partial charge in [0.15, 0.2) is 6.10 Å². The van der Waals surface area contributed by atoms with E-state index in [1.807, 2.05) is 12.1 Å². The first-order valence-electron chi connectivity index (χ1n) is 9.90. The van der Waals surface area contributed by atoms with Crippen LogP contribution in [0.2, 0.25) is 0 Å². The third-order valence-electron chi connectivity index (χ3n) is 5.62. The Morgan fingerprint density at radius 2 is 1.84 bits per heavy atom. The van der Waals surface area contributed by atoms with Crippen molar-refractivity contribution < 1.29 is 14.6 Å². The van der Waals surface area contributed by atoms with Gasteiger partial charge in [0.05, 0.1) is 0 Å². The summed E-state index contributed by atoms with van der Waals surface area (Å²) in [6.45, 7) is 0. The van der Waals surface area contributed by atoms with E-state index in [9.17, 15) is 9.90 Å². The van der Waals surface area contributed by atoms with Crippen LogP contribution in [0.4, 0.5) is 0 Å². The summed E-state index contributed by atoms with van der Waals surface area (Å²) < 4.78 is 5.78. The molecule has 1 aromatic rings. The zero-order chi connectivity index (χ0) is 17.5. The van der Waals surface area contributed by atoms with Crippen molar-refractivity contribution in [1.82, 2.24) is 0 Å². The van der Waals surface area contributed by atoms with Crippen LogP contribution in [-0.4, -0.2) is 17.2 Å². The van der Waals surface area contributed by atoms with Crippen LogP contribution in [0, 0.1) is 0 Å². The molecule has 25 heavy (non-hydrogen) atoms. The highest BCUT2D eigenvalue weighted by Gasteiger charge is 2.21. The molecular formula is C22H30O3. The summed E-state index contributed by atoms with van der Waals surface area (Å²) in [4.78, 5) is 11.5. The molecule has 1 N–H and O–H groups in total. The molecule has 2 aliphatic carbocycles. The van der Waals surface area contributed by atoms with Crippen molar-refractivity contribution in [2.24, 2.45) is 0 Å². The fraction of sp³-hybridized carbons (Fsp3) is 0.591. The summed E-state index contributed by atoms with van der Waals surface area (Å²) in [5.41, 5.74) is 2.76. The van der Waals surface area contributed by atoms with E-state index in [2.05, 4.69) is 18.2 Å². The molecule has 3 rings (SSSR count). The van der Waals surface area contributed by atoms with Crippen LogP contribution < -0.4 is 4.74 Å². The number of allylic oxidation sites excluding steroid dienone is 2. The Bertz CT molecular complexity index is 582. The Kier molecular flexibility index (Phi) is 6.55. The maximum Gasteiger partial charge on any atom is 0.344 e. The summed E-state index contributed by atoms with van der Waals surface area (Å²) >= 11 is 0. The van der Waals surface area contributed by atoms with Crippen LogP contribution >= 0.6 is 0 Å². The highest BCUT2D eigenvalue weighted by atomic mass is 16.5. The fourth-order valence-electron chi connectivity index (χ4n) is 4.10. The van der Waals surface area contributed by atoms with Crippen molar-refractivity contribution in [3.05, 3.63) is 41.5 Å². The first-order chi connectivity index (χ1) is 12.2. The van der Waals surface area contributed by atoms with Crippen LogP contribution in [-0.2, 0) is 4.79 Å². The van der Waals surface area contributed by atoms with Gasteiger partial charge in [-0.25, -0.2) is 4.79 Å². The normalized spacial score (nSPS) is 19.9. The first kappa shape index (κ1) is 18.0. The van der Waals surface area contributed by atoms with Crippen molar-refractivity contribution >= 4 is 5.97 Å². The van der Waals surface area contributed by atoms with Crippen LogP contribution in [0.15, 0.2) is 35.9 Å². The molecule has 1 aromatic carbocycles. The van der Waals surface area contributed by atoms with E-state index in [4.69, 9.17) is 4.74 Å². The van der Waals surface area contributed by atoms with Gasteiger partial charge < -0.3 is 9.84 Å². The van der Waals surface area contributed by atoms with E-state index in [0.29, 0.717) is 18.1 Å². The van der Waals surface area contributed by atoms with E-state index >= 15 is 0 Å². The van der Waals surface area contributed by atoms with Crippen LogP contribution in [0.5, 0.6) is 5.75 Å². The second kappa shape index (κ2) is 9.07. The summed E-state index contributed by atoms with van der Waals surface area (Å²) in [5, 5.41) is 9.48. The Balaban J connectivity index is 1.55. The fourth-order valence-corrected chi connectivity index (χ4v) is 4.10. The van der Waals surface area contributed by atoms with Gasteiger partial charge in [-0.3, -0.25) is 0 Å². The number of ether oxygens (including phenoxy) is 1. The monoisotopic (exact) mass is 342 g/mol. The van der Waals surface area contributed by atoms with Crippen molar-refractivity contribution in [2.75, 3.05) is 0 Å². The van der Waals surface area contributed by atoms with Gasteiger partial charge in [-0.05, 0) is 75.0 Å². The van der Waals surface area contributed by atoms with E-state index in [1.54, 1.807) is 0 Å². The molecule has 0 saturated heterocycles. The largest absolute Gasteiger partial charge is 0.479 e. The molecule has 0 radical (unpaired) electrons. The third kappa shape index (κ3) is 5.35. The number of hydrogen-bond acceptors (Lipinski definition) is 2. The van der Waals surface area contributed by atoms with E-state index in [0.717, 1.165) is 19.3 Å². The van der Waals surface area contributed by atoms with Gasteiger partial charge in [0.1, 0.15) is 5.75 Å². The molecule has 3 heteroatoms. The number of carboxylic acids is 1. The minimum atomic E-state index is -0.868. The Morgan fingerprint density at radius 3 is 2.48 bits per heavy atom. The van der Waals surface area contributed by atoms with Gasteiger partial charge >= 0.3 is 5.97 Å². The van der Waals surface area contributed by atoms with E-state index in [-0.39, 0.29) is 0 Å². The van der Waals surface area contributed by atoms with Crippen LogP contribution in [0.1, 0.15) is 82.1 Å². The first-order valence-corrected chi connectivity index (χ1v) is 9.90. The van der Waals surface area contributed by atoms with E-state index in [1.165, 1.54) is 56.1 Å². The Labute approximate surface area is 151 Å². The number of carbonyl (C=O) groups is 1. The number of carboxylic acid groups (broad SMARTS) is 1. The van der Waals surface area contributed by atoms with Gasteiger partial charge in [-0.1, -0.05) is 43.0 Å². The number of rotatable bonds is 7. The Morgan fingerprint density at radius 1 is 1.08 bits per heavy atom. The standard InChI is InChI=1S/C22H30O3/c23-22(24)21(16-11-17-7-3-1-4-8-17)25-20-14-12-19(13-15-20)18-9-5-2-6-10-18/h7,12-15,18,21H,1-6,8-11,16H2,(H,23,24). The molecular weight excluding hydrogens is 312 g/mol. The summed E-state index contributed by atoms with van der Waals surface area (Å²) in [7, 11) is 0. The van der Waals surface area contributed by atoms with Crippen molar-refractivity contribution in [3.63, 3.8) is 0 Å². The van der Waals surface area contributed by atoms with Gasteiger partial charge in [-0.15, -0.1) is 0 Å². The summed E-state index contributed by atoms with van der Waals surface area (Å²) in [6, 6.07) is 8.13. The average Bonchev–Trinajstić information content (AvgIpc) is 2.67. The maximum absolute atomic E-state index is 11.5. The summed E-state index contributed by atoms with van der Waals surface area (Å²) in [6.07, 6.45) is 14.2. The average molecular weight is 342 g/mol. The summed E-state index contributed by atoms with van der Waals surface area (Å²) in [5.74, 6) is 0.466. The van der Waals surface area contributed by atoms with Crippen molar-refractivity contribution in [3.8, 4) is 5.75 Å². The van der Waals surface area contributed by atoms with Gasteiger partial charge in [0.2, 0.25) is 0 Å². The lowest BCUT2D eigenvalue weighted by Gasteiger charge is -2.22. The number of hydrogen-bond donors (Lipinski definition) is 1. The minimum Gasteiger partial charge on any atom is -0.479 e. The van der Waals surface area contributed by atoms with Gasteiger partial charge in [0.25, 0.3) is 0 Å². The number of benzene rings is 1. The smallest absolute Gasteiger partial charge is 0.344 e. The lowest BCUT2D eigenvalue weighted by atomic mass is 9.84. The molecule has 2 aliphatic rings. The Hall–Kier alpha value is -1.77. The van der Waals surface area contributed by atoms with Crippen molar-refractivity contribution in [2.45, 2.75) is 82.7 Å².